The van der Waals surface area contributed by atoms with E-state index in [1.807, 2.05) is 0 Å². The number of pyridine rings is 1. The van der Waals surface area contributed by atoms with Crippen molar-refractivity contribution in [1.29, 1.82) is 0 Å². The van der Waals surface area contributed by atoms with Gasteiger partial charge in [-0.05, 0) is 6.72 Å². The summed E-state index contributed by atoms with van der Waals surface area (Å²) in [7, 11) is 1.75. The molecule has 2 aromatic heterocycles. The van der Waals surface area contributed by atoms with Gasteiger partial charge in [-0.25, -0.2) is 14.4 Å². The topological polar surface area (TPSA) is 72.2 Å². The molecule has 2 aromatic rings. The highest BCUT2D eigenvalue weighted by atomic mass is 19.1. The molecule has 0 spiro atoms. The van der Waals surface area contributed by atoms with Gasteiger partial charge in [0.05, 0.1) is 17.5 Å². The minimum atomic E-state index is -0.601. The average Bonchev–Trinajstić information content (AvgIpc) is 2.98. The van der Waals surface area contributed by atoms with Gasteiger partial charge in [0.25, 0.3) is 5.91 Å². The van der Waals surface area contributed by atoms with Gasteiger partial charge in [-0.1, -0.05) is 0 Å². The Labute approximate surface area is 108 Å². The third-order valence-corrected chi connectivity index (χ3v) is 3.00. The SMILES string of the molecule is C=Nc1nc(-c2cnn(C)c2)c2c(c1F)CNC2=O. The zero-order chi connectivity index (χ0) is 13.6. The van der Waals surface area contributed by atoms with Crippen molar-refractivity contribution in [2.75, 3.05) is 0 Å². The van der Waals surface area contributed by atoms with E-state index in [9.17, 15) is 9.18 Å². The normalized spacial score (nSPS) is 13.3. The Bertz CT molecular complexity index is 706. The predicted molar refractivity (Wildman–Crippen MR) is 66.8 cm³/mol. The molecule has 0 aromatic carbocycles. The molecule has 1 aliphatic heterocycles. The van der Waals surface area contributed by atoms with Crippen molar-refractivity contribution < 1.29 is 9.18 Å². The molecule has 0 saturated carbocycles. The van der Waals surface area contributed by atoms with Gasteiger partial charge in [0.15, 0.2) is 11.6 Å². The van der Waals surface area contributed by atoms with E-state index in [0.29, 0.717) is 11.3 Å². The van der Waals surface area contributed by atoms with Gasteiger partial charge >= 0.3 is 0 Å². The summed E-state index contributed by atoms with van der Waals surface area (Å²) in [5, 5.41) is 6.61. The molecule has 0 radical (unpaired) electrons. The fraction of sp³-hybridized carbons (Fsp3) is 0.167. The lowest BCUT2D eigenvalue weighted by Crippen LogP contribution is -2.13. The number of hydrogen-bond acceptors (Lipinski definition) is 4. The second-order valence-corrected chi connectivity index (χ2v) is 4.20. The second-order valence-electron chi connectivity index (χ2n) is 4.20. The molecule has 0 aliphatic carbocycles. The summed E-state index contributed by atoms with van der Waals surface area (Å²) in [4.78, 5) is 19.5. The smallest absolute Gasteiger partial charge is 0.254 e. The third-order valence-electron chi connectivity index (χ3n) is 3.00. The van der Waals surface area contributed by atoms with Crippen LogP contribution in [0.25, 0.3) is 11.3 Å². The van der Waals surface area contributed by atoms with Crippen LogP contribution >= 0.6 is 0 Å². The number of aromatic nitrogens is 3. The lowest BCUT2D eigenvalue weighted by atomic mass is 10.0. The summed E-state index contributed by atoms with van der Waals surface area (Å²) in [6, 6.07) is 0. The Balaban J connectivity index is 2.33. The van der Waals surface area contributed by atoms with Crippen LogP contribution in [0.3, 0.4) is 0 Å². The highest BCUT2D eigenvalue weighted by Gasteiger charge is 2.30. The van der Waals surface area contributed by atoms with Crippen LogP contribution in [0.15, 0.2) is 17.4 Å². The fourth-order valence-electron chi connectivity index (χ4n) is 2.12. The summed E-state index contributed by atoms with van der Waals surface area (Å²) in [6.45, 7) is 3.43. The number of rotatable bonds is 2. The standard InChI is InChI=1S/C12H10FN5O/c1-14-11-9(13)7-4-15-12(19)8(7)10(17-11)6-3-16-18(2)5-6/h3,5H,1,4H2,2H3,(H,15,19). The summed E-state index contributed by atoms with van der Waals surface area (Å²) < 4.78 is 15.6. The summed E-state index contributed by atoms with van der Waals surface area (Å²) in [5.41, 5.74) is 1.54. The molecular formula is C12H10FN5O. The second kappa shape index (κ2) is 3.98. The first kappa shape index (κ1) is 11.5. The summed E-state index contributed by atoms with van der Waals surface area (Å²) in [6.07, 6.45) is 3.28. The number of carbonyl (C=O) groups is 1. The summed E-state index contributed by atoms with van der Waals surface area (Å²) in [5.74, 6) is -1.04. The van der Waals surface area contributed by atoms with Crippen LogP contribution in [-0.4, -0.2) is 27.4 Å². The van der Waals surface area contributed by atoms with E-state index in [2.05, 4.69) is 27.1 Å². The van der Waals surface area contributed by atoms with Gasteiger partial charge in [0, 0.05) is 30.9 Å². The molecule has 19 heavy (non-hydrogen) atoms. The van der Waals surface area contributed by atoms with Crippen LogP contribution in [-0.2, 0) is 13.6 Å². The zero-order valence-electron chi connectivity index (χ0n) is 10.1. The molecule has 0 bridgehead atoms. The van der Waals surface area contributed by atoms with Crippen LogP contribution < -0.4 is 5.32 Å². The van der Waals surface area contributed by atoms with Crippen molar-refractivity contribution in [3.63, 3.8) is 0 Å². The van der Waals surface area contributed by atoms with Crippen molar-refractivity contribution in [2.45, 2.75) is 6.54 Å². The van der Waals surface area contributed by atoms with Crippen LogP contribution in [0.2, 0.25) is 0 Å². The van der Waals surface area contributed by atoms with Crippen LogP contribution in [0.1, 0.15) is 15.9 Å². The van der Waals surface area contributed by atoms with E-state index < -0.39 is 5.82 Å². The molecule has 6 nitrogen and oxygen atoms in total. The molecule has 0 unspecified atom stereocenters. The monoisotopic (exact) mass is 259 g/mol. The Morgan fingerprint density at radius 2 is 2.37 bits per heavy atom. The van der Waals surface area contributed by atoms with Crippen molar-refractivity contribution >= 4 is 18.4 Å². The molecular weight excluding hydrogens is 249 g/mol. The highest BCUT2D eigenvalue weighted by molar-refractivity contribution is 6.04. The number of nitrogens with zero attached hydrogens (tertiary/aromatic N) is 4. The first-order valence-electron chi connectivity index (χ1n) is 5.58. The van der Waals surface area contributed by atoms with Gasteiger partial charge < -0.3 is 5.32 Å². The van der Waals surface area contributed by atoms with Gasteiger partial charge in [-0.15, -0.1) is 0 Å². The van der Waals surface area contributed by atoms with Gasteiger partial charge in [0.2, 0.25) is 0 Å². The minimum Gasteiger partial charge on any atom is -0.348 e. The fourth-order valence-corrected chi connectivity index (χ4v) is 2.12. The molecule has 0 atom stereocenters. The van der Waals surface area contributed by atoms with Gasteiger partial charge in [0.1, 0.15) is 0 Å². The maximum atomic E-state index is 14.0. The van der Waals surface area contributed by atoms with E-state index >= 15 is 0 Å². The molecule has 96 valence electrons. The Morgan fingerprint density at radius 1 is 1.58 bits per heavy atom. The molecule has 3 heterocycles. The van der Waals surface area contributed by atoms with Gasteiger partial charge in [-0.3, -0.25) is 9.48 Å². The quantitative estimate of drug-likeness (QED) is 0.823. The zero-order valence-corrected chi connectivity index (χ0v) is 10.1. The van der Waals surface area contributed by atoms with E-state index in [1.54, 1.807) is 24.1 Å². The number of amides is 1. The summed E-state index contributed by atoms with van der Waals surface area (Å²) >= 11 is 0. The maximum Gasteiger partial charge on any atom is 0.254 e. The van der Waals surface area contributed by atoms with E-state index in [1.165, 1.54) is 0 Å². The number of carbonyl (C=O) groups excluding carboxylic acids is 1. The Kier molecular flexibility index (Phi) is 2.41. The minimum absolute atomic E-state index is 0.103. The van der Waals surface area contributed by atoms with Crippen LogP contribution in [0.4, 0.5) is 10.2 Å². The van der Waals surface area contributed by atoms with E-state index in [0.717, 1.165) is 0 Å². The molecule has 1 N–H and O–H groups in total. The predicted octanol–water partition coefficient (Wildman–Crippen LogP) is 1.20. The van der Waals surface area contributed by atoms with Gasteiger partial charge in [-0.2, -0.15) is 5.10 Å². The molecule has 1 aliphatic rings. The van der Waals surface area contributed by atoms with Crippen molar-refractivity contribution in [3.8, 4) is 11.3 Å². The van der Waals surface area contributed by atoms with E-state index in [-0.39, 0.29) is 29.4 Å². The van der Waals surface area contributed by atoms with Crippen molar-refractivity contribution in [3.05, 3.63) is 29.3 Å². The first-order valence-corrected chi connectivity index (χ1v) is 5.58. The maximum absolute atomic E-state index is 14.0. The van der Waals surface area contributed by atoms with Crippen LogP contribution in [0.5, 0.6) is 0 Å². The average molecular weight is 259 g/mol. The first-order chi connectivity index (χ1) is 9.11. The van der Waals surface area contributed by atoms with Crippen molar-refractivity contribution in [2.24, 2.45) is 12.0 Å². The number of aliphatic imine (C=N–C) groups is 1. The third kappa shape index (κ3) is 1.62. The number of hydrogen-bond donors (Lipinski definition) is 1. The molecule has 3 rings (SSSR count). The molecule has 1 amide bonds. The largest absolute Gasteiger partial charge is 0.348 e. The van der Waals surface area contributed by atoms with E-state index in [4.69, 9.17) is 0 Å². The number of nitrogens with one attached hydrogen (secondary N) is 1. The highest BCUT2D eigenvalue weighted by Crippen LogP contribution is 2.33. The van der Waals surface area contributed by atoms with Crippen LogP contribution in [0, 0.1) is 5.82 Å². The van der Waals surface area contributed by atoms with Crippen molar-refractivity contribution in [1.82, 2.24) is 20.1 Å². The lowest BCUT2D eigenvalue weighted by molar-refractivity contribution is 0.0966. The molecule has 7 heteroatoms. The molecule has 0 saturated heterocycles. The number of halogens is 1. The number of fused-ring (bicyclic) bond motifs is 1. The lowest BCUT2D eigenvalue weighted by Gasteiger charge is -2.06. The molecule has 0 fully saturated rings. The number of aryl methyl sites for hydroxylation is 1. The Morgan fingerprint density at radius 3 is 3.00 bits per heavy atom. The Hall–Kier alpha value is -2.57.